The molecule has 0 saturated carbocycles. The van der Waals surface area contributed by atoms with Gasteiger partial charge in [-0.3, -0.25) is 4.98 Å². The van der Waals surface area contributed by atoms with E-state index in [0.29, 0.717) is 5.56 Å². The molecule has 0 atom stereocenters. The number of aromatic carboxylic acids is 1. The maximum Gasteiger partial charge on any atom is 0.416 e. The van der Waals surface area contributed by atoms with Crippen molar-refractivity contribution in [2.24, 2.45) is 11.8 Å². The molecule has 0 aliphatic carbocycles. The molecule has 4 rings (SSSR count). The molecule has 11 nitrogen and oxygen atoms in total. The zero-order chi connectivity index (χ0) is 29.4. The van der Waals surface area contributed by atoms with Crippen LogP contribution in [0.15, 0.2) is 78.0 Å². The maximum atomic E-state index is 13.7. The topological polar surface area (TPSA) is 193 Å². The Morgan fingerprint density at radius 2 is 1.64 bits per heavy atom. The van der Waals surface area contributed by atoms with Crippen molar-refractivity contribution in [1.82, 2.24) is 9.97 Å². The predicted molar refractivity (Wildman–Crippen MR) is 134 cm³/mol. The number of aromatic nitrogens is 2. The molecule has 39 heavy (non-hydrogen) atoms. The van der Waals surface area contributed by atoms with Crippen LogP contribution in [0.25, 0.3) is 10.9 Å². The number of halogens is 3. The summed E-state index contributed by atoms with van der Waals surface area (Å²) in [4.78, 5) is 20.1. The minimum atomic E-state index is -4.66. The third-order valence-electron chi connectivity index (χ3n) is 5.25. The summed E-state index contributed by atoms with van der Waals surface area (Å²) in [6, 6.07) is 12.8. The van der Waals surface area contributed by atoms with Gasteiger partial charge in [0.25, 0.3) is 10.0 Å². The second-order valence-corrected chi connectivity index (χ2v) is 9.62. The average Bonchev–Trinajstić information content (AvgIpc) is 2.93. The molecule has 0 fully saturated rings. The van der Waals surface area contributed by atoms with Crippen LogP contribution in [-0.4, -0.2) is 39.9 Å². The quantitative estimate of drug-likeness (QED) is 0.214. The van der Waals surface area contributed by atoms with Crippen molar-refractivity contribution in [3.05, 3.63) is 95.3 Å². The highest BCUT2D eigenvalue weighted by molar-refractivity contribution is 7.92. The second-order valence-electron chi connectivity index (χ2n) is 7.76. The number of aryl methyl sites for hydroxylation is 1. The Bertz CT molecular complexity index is 1520. The Kier molecular flexibility index (Phi) is 10.4. The van der Waals surface area contributed by atoms with Gasteiger partial charge < -0.3 is 15.5 Å². The third kappa shape index (κ3) is 7.24. The van der Waals surface area contributed by atoms with Crippen molar-refractivity contribution in [3.63, 3.8) is 0 Å². The molecule has 0 unspecified atom stereocenters. The number of nitrogens with two attached hydrogens (primary N) is 2. The van der Waals surface area contributed by atoms with Crippen molar-refractivity contribution in [2.75, 3.05) is 4.31 Å². The molecule has 0 radical (unpaired) electrons. The van der Waals surface area contributed by atoms with Crippen molar-refractivity contribution in [2.45, 2.75) is 24.5 Å². The highest BCUT2D eigenvalue weighted by atomic mass is 32.2. The van der Waals surface area contributed by atoms with E-state index in [4.69, 9.17) is 10.4 Å². The van der Waals surface area contributed by atoms with E-state index >= 15 is 0 Å². The van der Waals surface area contributed by atoms with Crippen LogP contribution in [0, 0.1) is 6.92 Å². The second kappa shape index (κ2) is 13.1. The van der Waals surface area contributed by atoms with Gasteiger partial charge in [-0.25, -0.2) is 34.3 Å². The van der Waals surface area contributed by atoms with Gasteiger partial charge in [0.05, 0.1) is 22.5 Å². The number of hydrogen-bond donors (Lipinski definition) is 5. The zero-order valence-electron chi connectivity index (χ0n) is 20.2. The fraction of sp³-hybridized carbons (Fsp3) is 0.125. The lowest BCUT2D eigenvalue weighted by Gasteiger charge is -2.25. The van der Waals surface area contributed by atoms with Gasteiger partial charge in [-0.1, -0.05) is 29.8 Å². The molecule has 2 aromatic carbocycles. The molecule has 2 aromatic heterocycles. The standard InChI is InChI=1S/C24H18F3N3O4S.2H3NO/c1-15-4-8-19(9-5-15)35(33,34)30(14-16-3-2-10-28-13-16)22-20(23(31)32)11-17-6-7-18(24(25,26)27)12-21(17)29-22;2*1-2/h2-13H,14H2,1H3,(H,31,32);2*2H,1H2. The summed E-state index contributed by atoms with van der Waals surface area (Å²) in [5, 5.41) is 23.0. The number of pyridine rings is 2. The van der Waals surface area contributed by atoms with E-state index in [1.54, 1.807) is 31.2 Å². The number of hydrogen-bond acceptors (Lipinski definition) is 9. The summed E-state index contributed by atoms with van der Waals surface area (Å²) < 4.78 is 68.0. The van der Waals surface area contributed by atoms with Gasteiger partial charge >= 0.3 is 12.1 Å². The van der Waals surface area contributed by atoms with Crippen molar-refractivity contribution >= 4 is 32.7 Å². The van der Waals surface area contributed by atoms with Crippen LogP contribution in [0.3, 0.4) is 0 Å². The van der Waals surface area contributed by atoms with E-state index in [0.717, 1.165) is 34.1 Å². The monoisotopic (exact) mass is 567 g/mol. The molecular weight excluding hydrogens is 543 g/mol. The molecule has 0 aliphatic rings. The number of rotatable bonds is 6. The maximum absolute atomic E-state index is 13.7. The lowest BCUT2D eigenvalue weighted by atomic mass is 10.1. The number of nitrogens with zero attached hydrogens (tertiary/aromatic N) is 3. The van der Waals surface area contributed by atoms with E-state index in [1.807, 2.05) is 0 Å². The highest BCUT2D eigenvalue weighted by Crippen LogP contribution is 2.34. The largest absolute Gasteiger partial charge is 0.478 e. The predicted octanol–water partition coefficient (Wildman–Crippen LogP) is 3.72. The van der Waals surface area contributed by atoms with Crippen LogP contribution in [0.2, 0.25) is 0 Å². The summed E-state index contributed by atoms with van der Waals surface area (Å²) in [5.74, 6) is 5.01. The fourth-order valence-electron chi connectivity index (χ4n) is 3.45. The zero-order valence-corrected chi connectivity index (χ0v) is 21.1. The number of sulfonamides is 1. The van der Waals surface area contributed by atoms with Gasteiger partial charge in [-0.15, -0.1) is 0 Å². The number of anilines is 1. The molecule has 0 aliphatic heterocycles. The lowest BCUT2D eigenvalue weighted by Crippen LogP contribution is -2.33. The van der Waals surface area contributed by atoms with Crippen LogP contribution in [0.5, 0.6) is 0 Å². The minimum absolute atomic E-state index is 0.119. The SMILES string of the molecule is Cc1ccc(S(=O)(=O)N(Cc2cccnc2)c2nc3cc(C(F)(F)F)ccc3cc2C(=O)O)cc1.NO.NO. The first-order valence-electron chi connectivity index (χ1n) is 10.7. The molecule has 15 heteroatoms. The summed E-state index contributed by atoms with van der Waals surface area (Å²) in [5.41, 5.74) is -0.443. The molecule has 208 valence electrons. The molecule has 0 bridgehead atoms. The van der Waals surface area contributed by atoms with E-state index in [-0.39, 0.29) is 22.3 Å². The molecule has 2 heterocycles. The molecule has 0 amide bonds. The molecule has 0 saturated heterocycles. The number of alkyl halides is 3. The van der Waals surface area contributed by atoms with Crippen molar-refractivity contribution < 1.29 is 41.9 Å². The normalized spacial score (nSPS) is 11.1. The van der Waals surface area contributed by atoms with Crippen LogP contribution in [0.4, 0.5) is 19.0 Å². The first-order chi connectivity index (χ1) is 18.5. The highest BCUT2D eigenvalue weighted by Gasteiger charge is 2.33. The molecule has 7 N–H and O–H groups in total. The Morgan fingerprint density at radius 3 is 2.18 bits per heavy atom. The van der Waals surface area contributed by atoms with Crippen LogP contribution >= 0.6 is 0 Å². The van der Waals surface area contributed by atoms with E-state index in [9.17, 15) is 31.5 Å². The Labute approximate surface area is 220 Å². The fourth-order valence-corrected chi connectivity index (χ4v) is 4.87. The molecule has 0 spiro atoms. The molecular formula is C24H24F3N5O6S. The first kappa shape index (κ1) is 31.1. The number of carboxylic acid groups (broad SMARTS) is 1. The third-order valence-corrected chi connectivity index (χ3v) is 7.00. The van der Waals surface area contributed by atoms with E-state index in [1.165, 1.54) is 24.5 Å². The van der Waals surface area contributed by atoms with Gasteiger partial charge in [0.2, 0.25) is 0 Å². The number of carbonyl (C=O) groups is 1. The number of fused-ring (bicyclic) bond motifs is 1. The van der Waals surface area contributed by atoms with Gasteiger partial charge in [0, 0.05) is 17.8 Å². The minimum Gasteiger partial charge on any atom is -0.478 e. The van der Waals surface area contributed by atoms with E-state index < -0.39 is 39.1 Å². The summed E-state index contributed by atoms with van der Waals surface area (Å²) in [7, 11) is -4.37. The first-order valence-corrected chi connectivity index (χ1v) is 12.2. The lowest BCUT2D eigenvalue weighted by molar-refractivity contribution is -0.137. The van der Waals surface area contributed by atoms with Gasteiger partial charge in [0.1, 0.15) is 5.56 Å². The number of carboxylic acids is 1. The summed E-state index contributed by atoms with van der Waals surface area (Å²) in [6.45, 7) is 1.43. The average molecular weight is 568 g/mol. The van der Waals surface area contributed by atoms with Crippen LogP contribution in [-0.2, 0) is 22.7 Å². The van der Waals surface area contributed by atoms with Crippen molar-refractivity contribution in [3.8, 4) is 0 Å². The Hall–Kier alpha value is -4.15. The number of benzene rings is 2. The molecule has 4 aromatic rings. The smallest absolute Gasteiger partial charge is 0.416 e. The summed E-state index contributed by atoms with van der Waals surface area (Å²) in [6.07, 6.45) is -1.77. The Balaban J connectivity index is 0.00000127. The van der Waals surface area contributed by atoms with Gasteiger partial charge in [0.15, 0.2) is 5.82 Å². The Morgan fingerprint density at radius 1 is 1.00 bits per heavy atom. The van der Waals surface area contributed by atoms with Crippen LogP contribution in [0.1, 0.15) is 27.0 Å². The van der Waals surface area contributed by atoms with Gasteiger partial charge in [-0.2, -0.15) is 13.2 Å². The van der Waals surface area contributed by atoms with Gasteiger partial charge in [-0.05, 0) is 48.9 Å². The van der Waals surface area contributed by atoms with E-state index in [2.05, 4.69) is 21.8 Å². The van der Waals surface area contributed by atoms with Crippen molar-refractivity contribution in [1.29, 1.82) is 0 Å². The summed E-state index contributed by atoms with van der Waals surface area (Å²) >= 11 is 0. The van der Waals surface area contributed by atoms with Crippen LogP contribution < -0.4 is 16.1 Å².